The smallest absolute Gasteiger partial charge is 0.872 e. The summed E-state index contributed by atoms with van der Waals surface area (Å²) in [5, 5.41) is 20.2. The molecule has 0 heterocycles. The van der Waals surface area contributed by atoms with Crippen LogP contribution in [0.1, 0.15) is 61.4 Å². The van der Waals surface area contributed by atoms with Gasteiger partial charge in [-0.05, 0) is 24.5 Å². The van der Waals surface area contributed by atoms with Gasteiger partial charge in [-0.2, -0.15) is 0 Å². The van der Waals surface area contributed by atoms with Crippen LogP contribution in [-0.4, -0.2) is 11.1 Å². The molecule has 1 aromatic rings. The fourth-order valence-corrected chi connectivity index (χ4v) is 2.04. The van der Waals surface area contributed by atoms with Crippen molar-refractivity contribution in [2.75, 3.05) is 0 Å². The monoisotopic (exact) mass is 288 g/mol. The zero-order valence-electron chi connectivity index (χ0n) is 11.9. The minimum Gasteiger partial charge on any atom is -0.872 e. The molecule has 0 aliphatic rings. The third kappa shape index (κ3) is 8.10. The molecule has 19 heavy (non-hydrogen) atoms. The summed E-state index contributed by atoms with van der Waals surface area (Å²) in [6.45, 7) is 2.19. The largest absolute Gasteiger partial charge is 1.00 e. The number of hydrogen-bond donors (Lipinski definition) is 1. The van der Waals surface area contributed by atoms with E-state index in [9.17, 15) is 9.90 Å². The molecule has 1 N–H and O–H groups in total. The average Bonchev–Trinajstić information content (AvgIpc) is 2.33. The molecular formula is C15H21KO3. The Morgan fingerprint density at radius 3 is 2.37 bits per heavy atom. The zero-order chi connectivity index (χ0) is 13.4. The Balaban J connectivity index is 0.00000324. The normalized spacial score (nSPS) is 9.95. The predicted molar refractivity (Wildman–Crippen MR) is 69.9 cm³/mol. The number of carboxylic acids is 1. The van der Waals surface area contributed by atoms with Crippen LogP contribution in [0.5, 0.6) is 5.75 Å². The van der Waals surface area contributed by atoms with Crippen molar-refractivity contribution in [1.29, 1.82) is 0 Å². The molecule has 100 valence electrons. The number of unbranched alkanes of at least 4 members (excludes halogenated alkanes) is 5. The molecule has 0 saturated carbocycles. The molecule has 0 fully saturated rings. The van der Waals surface area contributed by atoms with E-state index in [1.165, 1.54) is 31.7 Å². The van der Waals surface area contributed by atoms with Crippen LogP contribution in [0.3, 0.4) is 0 Å². The molecule has 3 nitrogen and oxygen atoms in total. The minimum absolute atomic E-state index is 0. The van der Waals surface area contributed by atoms with Crippen LogP contribution >= 0.6 is 0 Å². The summed E-state index contributed by atoms with van der Waals surface area (Å²) in [7, 11) is 0. The number of carbonyl (C=O) groups is 1. The SMILES string of the molecule is CCCCCCCCc1cc([O-])cc(C(=O)O)c1.[K+]. The Morgan fingerprint density at radius 1 is 1.11 bits per heavy atom. The summed E-state index contributed by atoms with van der Waals surface area (Å²) in [5.74, 6) is -1.24. The fourth-order valence-electron chi connectivity index (χ4n) is 2.04. The van der Waals surface area contributed by atoms with Crippen LogP contribution in [0.4, 0.5) is 0 Å². The molecule has 0 aliphatic heterocycles. The Kier molecular flexibility index (Phi) is 10.9. The predicted octanol–water partition coefficient (Wildman–Crippen LogP) is 0.365. The first-order valence-electron chi connectivity index (χ1n) is 6.67. The van der Waals surface area contributed by atoms with E-state index in [1.54, 1.807) is 12.1 Å². The Hall–Kier alpha value is 0.126. The summed E-state index contributed by atoms with van der Waals surface area (Å²) >= 11 is 0. The van der Waals surface area contributed by atoms with Crippen LogP contribution in [0.25, 0.3) is 0 Å². The quantitative estimate of drug-likeness (QED) is 0.555. The van der Waals surface area contributed by atoms with Gasteiger partial charge in [0.05, 0.1) is 5.56 Å². The van der Waals surface area contributed by atoms with Crippen LogP contribution in [0, 0.1) is 0 Å². The first-order valence-corrected chi connectivity index (χ1v) is 6.67. The molecule has 0 unspecified atom stereocenters. The summed E-state index contributed by atoms with van der Waals surface area (Å²) in [6, 6.07) is 4.32. The first-order chi connectivity index (χ1) is 8.63. The third-order valence-corrected chi connectivity index (χ3v) is 3.03. The van der Waals surface area contributed by atoms with Crippen molar-refractivity contribution in [2.24, 2.45) is 0 Å². The summed E-state index contributed by atoms with van der Waals surface area (Å²) in [5.41, 5.74) is 0.943. The number of carboxylic acid groups (broad SMARTS) is 1. The minimum atomic E-state index is -1.03. The molecule has 0 amide bonds. The van der Waals surface area contributed by atoms with Gasteiger partial charge in [-0.1, -0.05) is 51.2 Å². The second-order valence-electron chi connectivity index (χ2n) is 4.69. The number of hydrogen-bond acceptors (Lipinski definition) is 2. The molecule has 4 heteroatoms. The van der Waals surface area contributed by atoms with Crippen LogP contribution in [0.2, 0.25) is 0 Å². The topological polar surface area (TPSA) is 60.4 Å². The van der Waals surface area contributed by atoms with Gasteiger partial charge < -0.3 is 10.2 Å². The zero-order valence-corrected chi connectivity index (χ0v) is 15.1. The Bertz CT molecular complexity index is 391. The van der Waals surface area contributed by atoms with Crippen molar-refractivity contribution in [3.05, 3.63) is 29.3 Å². The van der Waals surface area contributed by atoms with E-state index >= 15 is 0 Å². The van der Waals surface area contributed by atoms with E-state index in [1.807, 2.05) is 0 Å². The van der Waals surface area contributed by atoms with Crippen molar-refractivity contribution >= 4 is 5.97 Å². The van der Waals surface area contributed by atoms with E-state index in [2.05, 4.69) is 6.92 Å². The van der Waals surface area contributed by atoms with Crippen molar-refractivity contribution in [3.63, 3.8) is 0 Å². The molecule has 0 spiro atoms. The molecule has 1 aromatic carbocycles. The number of benzene rings is 1. The Labute approximate surface area is 157 Å². The Morgan fingerprint density at radius 2 is 1.74 bits per heavy atom. The van der Waals surface area contributed by atoms with E-state index in [4.69, 9.17) is 5.11 Å². The van der Waals surface area contributed by atoms with Gasteiger partial charge in [0.2, 0.25) is 0 Å². The summed E-state index contributed by atoms with van der Waals surface area (Å²) in [6.07, 6.45) is 7.95. The van der Waals surface area contributed by atoms with Crippen LogP contribution in [0.15, 0.2) is 18.2 Å². The molecule has 1 rings (SSSR count). The second kappa shape index (κ2) is 10.9. The molecule has 0 bridgehead atoms. The molecule has 0 saturated heterocycles. The van der Waals surface area contributed by atoms with Gasteiger partial charge in [-0.25, -0.2) is 4.79 Å². The van der Waals surface area contributed by atoms with Crippen molar-refractivity contribution in [2.45, 2.75) is 51.9 Å². The maximum absolute atomic E-state index is 11.3. The number of rotatable bonds is 8. The summed E-state index contributed by atoms with van der Waals surface area (Å²) < 4.78 is 0. The van der Waals surface area contributed by atoms with Crippen LogP contribution < -0.4 is 56.5 Å². The summed E-state index contributed by atoms with van der Waals surface area (Å²) in [4.78, 5) is 10.8. The number of aryl methyl sites for hydroxylation is 1. The molecule has 0 atom stereocenters. The van der Waals surface area contributed by atoms with Gasteiger partial charge in [-0.15, -0.1) is 5.75 Å². The molecule has 0 aromatic heterocycles. The second-order valence-corrected chi connectivity index (χ2v) is 4.69. The fraction of sp³-hybridized carbons (Fsp3) is 0.533. The maximum Gasteiger partial charge on any atom is 1.00 e. The van der Waals surface area contributed by atoms with E-state index < -0.39 is 5.97 Å². The standard InChI is InChI=1S/C15H22O3.K/c1-2-3-4-5-6-7-8-12-9-13(15(17)18)11-14(16)10-12;/h9-11,16H,2-8H2,1H3,(H,17,18);/q;+1/p-1. The van der Waals surface area contributed by atoms with Gasteiger partial charge in [0.15, 0.2) is 0 Å². The third-order valence-electron chi connectivity index (χ3n) is 3.03. The first kappa shape index (κ1) is 19.1. The molecular weight excluding hydrogens is 267 g/mol. The van der Waals surface area contributed by atoms with Gasteiger partial charge >= 0.3 is 57.4 Å². The van der Waals surface area contributed by atoms with Gasteiger partial charge in [0.25, 0.3) is 0 Å². The van der Waals surface area contributed by atoms with E-state index in [-0.39, 0.29) is 62.7 Å². The number of aromatic carboxylic acids is 1. The maximum atomic E-state index is 11.3. The average molecular weight is 288 g/mol. The van der Waals surface area contributed by atoms with Crippen molar-refractivity contribution in [1.82, 2.24) is 0 Å². The van der Waals surface area contributed by atoms with Gasteiger partial charge in [-0.3, -0.25) is 0 Å². The van der Waals surface area contributed by atoms with Gasteiger partial charge in [0.1, 0.15) is 0 Å². The molecule has 0 aliphatic carbocycles. The van der Waals surface area contributed by atoms with E-state index in [0.717, 1.165) is 24.8 Å². The van der Waals surface area contributed by atoms with Gasteiger partial charge in [0, 0.05) is 0 Å². The van der Waals surface area contributed by atoms with E-state index in [0.29, 0.717) is 0 Å². The van der Waals surface area contributed by atoms with Crippen molar-refractivity contribution in [3.8, 4) is 5.75 Å². The van der Waals surface area contributed by atoms with Crippen molar-refractivity contribution < 1.29 is 66.4 Å². The molecule has 0 radical (unpaired) electrons. The van der Waals surface area contributed by atoms with Crippen LogP contribution in [-0.2, 0) is 6.42 Å².